The molecule has 1 aromatic heterocycles. The molecule has 0 unspecified atom stereocenters. The number of ether oxygens (including phenoxy) is 1. The van der Waals surface area contributed by atoms with E-state index in [-0.39, 0.29) is 5.89 Å². The van der Waals surface area contributed by atoms with Crippen molar-refractivity contribution in [2.24, 2.45) is 0 Å². The Labute approximate surface area is 99.3 Å². The molecule has 1 aliphatic rings. The fraction of sp³-hybridized carbons (Fsp3) is 0.700. The van der Waals surface area contributed by atoms with Crippen molar-refractivity contribution in [3.05, 3.63) is 5.89 Å². The number of piperazine rings is 1. The van der Waals surface area contributed by atoms with Gasteiger partial charge < -0.3 is 19.1 Å². The summed E-state index contributed by atoms with van der Waals surface area (Å²) < 4.78 is 9.65. The first-order valence-corrected chi connectivity index (χ1v) is 5.65. The summed E-state index contributed by atoms with van der Waals surface area (Å²) in [5, 5.41) is 3.79. The highest BCUT2D eigenvalue weighted by Crippen LogP contribution is 2.12. The molecule has 0 amide bonds. The predicted molar refractivity (Wildman–Crippen MR) is 60.0 cm³/mol. The fourth-order valence-electron chi connectivity index (χ4n) is 1.63. The smallest absolute Gasteiger partial charge is 0.397 e. The van der Waals surface area contributed by atoms with E-state index in [1.165, 1.54) is 0 Å². The van der Waals surface area contributed by atoms with Gasteiger partial charge in [-0.05, 0) is 19.1 Å². The zero-order valence-electron chi connectivity index (χ0n) is 10.0. The summed E-state index contributed by atoms with van der Waals surface area (Å²) in [6.45, 7) is 5.59. The van der Waals surface area contributed by atoms with Crippen molar-refractivity contribution in [2.45, 2.75) is 6.92 Å². The molecule has 0 aliphatic carbocycles. The molecule has 0 spiro atoms. The molecule has 7 heteroatoms. The SMILES string of the molecule is CCOC(=O)c1nc(N2CCN(C)CC2)no1. The molecule has 17 heavy (non-hydrogen) atoms. The van der Waals surface area contributed by atoms with Crippen molar-refractivity contribution < 1.29 is 14.1 Å². The second-order valence-corrected chi connectivity index (χ2v) is 3.91. The zero-order valence-corrected chi connectivity index (χ0v) is 10.0. The Balaban J connectivity index is 2.00. The maximum Gasteiger partial charge on any atom is 0.397 e. The lowest BCUT2D eigenvalue weighted by Gasteiger charge is -2.31. The number of nitrogens with zero attached hydrogens (tertiary/aromatic N) is 4. The van der Waals surface area contributed by atoms with Crippen LogP contribution in [0.5, 0.6) is 0 Å². The van der Waals surface area contributed by atoms with Crippen LogP contribution in [0.25, 0.3) is 0 Å². The molecular formula is C10H16N4O3. The average molecular weight is 240 g/mol. The Morgan fingerprint density at radius 2 is 2.12 bits per heavy atom. The van der Waals surface area contributed by atoms with Crippen molar-refractivity contribution >= 4 is 11.9 Å². The second-order valence-electron chi connectivity index (χ2n) is 3.91. The van der Waals surface area contributed by atoms with Crippen LogP contribution in [-0.2, 0) is 4.74 Å². The van der Waals surface area contributed by atoms with Gasteiger partial charge in [0.2, 0.25) is 0 Å². The minimum Gasteiger partial charge on any atom is -0.459 e. The van der Waals surface area contributed by atoms with E-state index in [9.17, 15) is 4.79 Å². The molecule has 2 rings (SSSR count). The summed E-state index contributed by atoms with van der Waals surface area (Å²) in [5.74, 6) is -0.192. The van der Waals surface area contributed by atoms with Gasteiger partial charge in [0.1, 0.15) is 0 Å². The number of anilines is 1. The van der Waals surface area contributed by atoms with Crippen molar-refractivity contribution in [1.29, 1.82) is 0 Å². The number of carbonyl (C=O) groups excluding carboxylic acids is 1. The van der Waals surface area contributed by atoms with Gasteiger partial charge in [0.25, 0.3) is 5.95 Å². The van der Waals surface area contributed by atoms with Crippen LogP contribution in [0.15, 0.2) is 4.52 Å². The highest BCUT2D eigenvalue weighted by molar-refractivity contribution is 5.84. The third kappa shape index (κ3) is 2.73. The van der Waals surface area contributed by atoms with Crippen LogP contribution in [0.4, 0.5) is 5.95 Å². The molecule has 0 N–H and O–H groups in total. The maximum atomic E-state index is 11.3. The van der Waals surface area contributed by atoms with Crippen LogP contribution >= 0.6 is 0 Å². The molecular weight excluding hydrogens is 224 g/mol. The van der Waals surface area contributed by atoms with E-state index in [0.29, 0.717) is 12.6 Å². The van der Waals surface area contributed by atoms with E-state index in [2.05, 4.69) is 22.1 Å². The summed E-state index contributed by atoms with van der Waals surface area (Å²) in [6, 6.07) is 0. The lowest BCUT2D eigenvalue weighted by Crippen LogP contribution is -2.44. The summed E-state index contributed by atoms with van der Waals surface area (Å²) >= 11 is 0. The van der Waals surface area contributed by atoms with Crippen LogP contribution in [-0.4, -0.2) is 60.8 Å². The van der Waals surface area contributed by atoms with Gasteiger partial charge in [-0.2, -0.15) is 4.98 Å². The summed E-state index contributed by atoms with van der Waals surface area (Å²) in [6.07, 6.45) is 0. The maximum absolute atomic E-state index is 11.3. The first-order chi connectivity index (χ1) is 8.20. The fourth-order valence-corrected chi connectivity index (χ4v) is 1.63. The van der Waals surface area contributed by atoms with Crippen molar-refractivity contribution in [2.75, 3.05) is 44.7 Å². The van der Waals surface area contributed by atoms with Crippen LogP contribution in [0.2, 0.25) is 0 Å². The van der Waals surface area contributed by atoms with Crippen LogP contribution in [0.1, 0.15) is 17.6 Å². The van der Waals surface area contributed by atoms with Crippen molar-refractivity contribution in [3.8, 4) is 0 Å². The third-order valence-corrected chi connectivity index (χ3v) is 2.65. The monoisotopic (exact) mass is 240 g/mol. The quantitative estimate of drug-likeness (QED) is 0.688. The number of carbonyl (C=O) groups is 1. The van der Waals surface area contributed by atoms with Gasteiger partial charge >= 0.3 is 11.9 Å². The van der Waals surface area contributed by atoms with E-state index < -0.39 is 5.97 Å². The average Bonchev–Trinajstić information content (AvgIpc) is 2.80. The molecule has 0 atom stereocenters. The van der Waals surface area contributed by atoms with Crippen LogP contribution in [0.3, 0.4) is 0 Å². The lowest BCUT2D eigenvalue weighted by molar-refractivity contribution is 0.0470. The summed E-state index contributed by atoms with van der Waals surface area (Å²) in [7, 11) is 2.07. The molecule has 0 aromatic carbocycles. The zero-order chi connectivity index (χ0) is 12.3. The Morgan fingerprint density at radius 1 is 1.41 bits per heavy atom. The van der Waals surface area contributed by atoms with E-state index in [1.54, 1.807) is 6.92 Å². The Hall–Kier alpha value is -1.63. The molecule has 2 heterocycles. The van der Waals surface area contributed by atoms with Crippen LogP contribution in [0, 0.1) is 0 Å². The standard InChI is InChI=1S/C10H16N4O3/c1-3-16-9(15)8-11-10(12-17-8)14-6-4-13(2)5-7-14/h3-7H2,1-2H3. The number of aromatic nitrogens is 2. The molecule has 0 bridgehead atoms. The molecule has 1 aliphatic heterocycles. The molecule has 1 saturated heterocycles. The molecule has 1 fully saturated rings. The Morgan fingerprint density at radius 3 is 2.76 bits per heavy atom. The number of esters is 1. The first kappa shape index (κ1) is 11.8. The molecule has 7 nitrogen and oxygen atoms in total. The van der Waals surface area contributed by atoms with Crippen molar-refractivity contribution in [1.82, 2.24) is 15.0 Å². The molecule has 0 saturated carbocycles. The van der Waals surface area contributed by atoms with Gasteiger partial charge in [-0.1, -0.05) is 0 Å². The normalized spacial score (nSPS) is 17.2. The van der Waals surface area contributed by atoms with Crippen molar-refractivity contribution in [3.63, 3.8) is 0 Å². The molecule has 0 radical (unpaired) electrons. The number of likely N-dealkylation sites (N-methyl/N-ethyl adjacent to an activating group) is 1. The molecule has 1 aromatic rings. The van der Waals surface area contributed by atoms with E-state index in [1.807, 2.05) is 4.90 Å². The summed E-state index contributed by atoms with van der Waals surface area (Å²) in [4.78, 5) is 19.6. The number of hydrogen-bond donors (Lipinski definition) is 0. The second kappa shape index (κ2) is 5.13. The van der Waals surface area contributed by atoms with E-state index in [4.69, 9.17) is 9.26 Å². The Kier molecular flexibility index (Phi) is 3.58. The van der Waals surface area contributed by atoms with Gasteiger partial charge in [-0.15, -0.1) is 0 Å². The minimum absolute atomic E-state index is 0.0826. The highest BCUT2D eigenvalue weighted by atomic mass is 16.6. The lowest BCUT2D eigenvalue weighted by atomic mass is 10.3. The third-order valence-electron chi connectivity index (χ3n) is 2.65. The van der Waals surface area contributed by atoms with Gasteiger partial charge in [-0.25, -0.2) is 4.79 Å². The van der Waals surface area contributed by atoms with E-state index >= 15 is 0 Å². The van der Waals surface area contributed by atoms with E-state index in [0.717, 1.165) is 26.2 Å². The van der Waals surface area contributed by atoms with Crippen LogP contribution < -0.4 is 4.90 Å². The van der Waals surface area contributed by atoms with Gasteiger partial charge in [0.05, 0.1) is 6.61 Å². The van der Waals surface area contributed by atoms with Gasteiger partial charge in [0, 0.05) is 26.2 Å². The Bertz CT molecular complexity index is 385. The summed E-state index contributed by atoms with van der Waals surface area (Å²) in [5.41, 5.74) is 0. The largest absolute Gasteiger partial charge is 0.459 e. The molecule has 94 valence electrons. The number of rotatable bonds is 3. The minimum atomic E-state index is -0.569. The number of hydrogen-bond acceptors (Lipinski definition) is 7. The van der Waals surface area contributed by atoms with Gasteiger partial charge in [0.15, 0.2) is 0 Å². The topological polar surface area (TPSA) is 71.7 Å². The highest BCUT2D eigenvalue weighted by Gasteiger charge is 2.22. The van der Waals surface area contributed by atoms with Gasteiger partial charge in [-0.3, -0.25) is 0 Å². The first-order valence-electron chi connectivity index (χ1n) is 5.65. The predicted octanol–water partition coefficient (Wildman–Crippen LogP) is -0.00190.